The van der Waals surface area contributed by atoms with Gasteiger partial charge in [0.1, 0.15) is 0 Å². The number of carbonyl (C=O) groups excluding carboxylic acids is 1. The fourth-order valence-corrected chi connectivity index (χ4v) is 2.27. The van der Waals surface area contributed by atoms with E-state index in [2.05, 4.69) is 33.0 Å². The lowest BCUT2D eigenvalue weighted by Gasteiger charge is -2.29. The lowest BCUT2D eigenvalue weighted by atomic mass is 9.81. The first kappa shape index (κ1) is 17.7. The average molecular weight is 312 g/mol. The van der Waals surface area contributed by atoms with E-state index < -0.39 is 10.0 Å². The predicted molar refractivity (Wildman–Crippen MR) is 83.5 cm³/mol. The maximum atomic E-state index is 12.2. The van der Waals surface area contributed by atoms with Crippen LogP contribution in [-0.4, -0.2) is 20.9 Å². The van der Waals surface area contributed by atoms with Crippen LogP contribution in [0.5, 0.6) is 0 Å². The van der Waals surface area contributed by atoms with Crippen LogP contribution in [0.4, 0.5) is 0 Å². The Labute approximate surface area is 127 Å². The van der Waals surface area contributed by atoms with Crippen molar-refractivity contribution >= 4 is 15.9 Å². The minimum Gasteiger partial charge on any atom is -0.351 e. The molecule has 0 saturated carbocycles. The third kappa shape index (κ3) is 4.54. The first-order valence-corrected chi connectivity index (χ1v) is 8.41. The second-order valence-corrected chi connectivity index (χ2v) is 7.91. The molecule has 0 aliphatic rings. The third-order valence-electron chi connectivity index (χ3n) is 4.04. The highest BCUT2D eigenvalue weighted by Crippen LogP contribution is 2.25. The SMILES string of the molecule is Cc1cc(S(N)(=O)=O)ccc1C(=O)NCC(C)(C)C(C)C. The molecule has 0 spiro atoms. The van der Waals surface area contributed by atoms with Crippen LogP contribution in [0.1, 0.15) is 43.6 Å². The van der Waals surface area contributed by atoms with Crippen molar-refractivity contribution in [3.63, 3.8) is 0 Å². The Hall–Kier alpha value is -1.40. The van der Waals surface area contributed by atoms with Crippen molar-refractivity contribution in [2.24, 2.45) is 16.5 Å². The molecule has 1 amide bonds. The summed E-state index contributed by atoms with van der Waals surface area (Å²) in [5.74, 6) is 0.228. The summed E-state index contributed by atoms with van der Waals surface area (Å²) < 4.78 is 22.6. The van der Waals surface area contributed by atoms with Crippen molar-refractivity contribution in [1.82, 2.24) is 5.32 Å². The van der Waals surface area contributed by atoms with Gasteiger partial charge in [0.15, 0.2) is 0 Å². The maximum Gasteiger partial charge on any atom is 0.251 e. The summed E-state index contributed by atoms with van der Waals surface area (Å²) >= 11 is 0. The predicted octanol–water partition coefficient (Wildman–Crippen LogP) is 2.05. The number of hydrogen-bond donors (Lipinski definition) is 2. The van der Waals surface area contributed by atoms with Crippen molar-refractivity contribution in [3.05, 3.63) is 29.3 Å². The summed E-state index contributed by atoms with van der Waals surface area (Å²) in [6, 6.07) is 4.26. The van der Waals surface area contributed by atoms with E-state index in [-0.39, 0.29) is 16.2 Å². The van der Waals surface area contributed by atoms with Gasteiger partial charge in [-0.2, -0.15) is 0 Å². The van der Waals surface area contributed by atoms with Crippen LogP contribution in [0.2, 0.25) is 0 Å². The van der Waals surface area contributed by atoms with E-state index in [1.807, 2.05) is 0 Å². The van der Waals surface area contributed by atoms with E-state index in [1.165, 1.54) is 18.2 Å². The first-order chi connectivity index (χ1) is 9.45. The molecule has 0 radical (unpaired) electrons. The van der Waals surface area contributed by atoms with E-state index in [0.717, 1.165) is 0 Å². The van der Waals surface area contributed by atoms with Gasteiger partial charge in [-0.3, -0.25) is 4.79 Å². The van der Waals surface area contributed by atoms with Crippen molar-refractivity contribution in [2.75, 3.05) is 6.54 Å². The highest BCUT2D eigenvalue weighted by molar-refractivity contribution is 7.89. The molecule has 118 valence electrons. The lowest BCUT2D eigenvalue weighted by Crippen LogP contribution is -2.37. The molecular formula is C15H24N2O3S. The van der Waals surface area contributed by atoms with Crippen LogP contribution in [0.3, 0.4) is 0 Å². The fourth-order valence-electron chi connectivity index (χ4n) is 1.68. The molecule has 0 unspecified atom stereocenters. The zero-order valence-corrected chi connectivity index (χ0v) is 14.0. The van der Waals surface area contributed by atoms with E-state index in [1.54, 1.807) is 6.92 Å². The smallest absolute Gasteiger partial charge is 0.251 e. The Balaban J connectivity index is 2.90. The summed E-state index contributed by atoms with van der Waals surface area (Å²) in [5, 5.41) is 7.97. The van der Waals surface area contributed by atoms with Gasteiger partial charge in [0.2, 0.25) is 10.0 Å². The maximum absolute atomic E-state index is 12.2. The number of primary sulfonamides is 1. The van der Waals surface area contributed by atoms with Crippen molar-refractivity contribution in [3.8, 4) is 0 Å². The monoisotopic (exact) mass is 312 g/mol. The molecule has 1 rings (SSSR count). The summed E-state index contributed by atoms with van der Waals surface area (Å²) in [5.41, 5.74) is 1.03. The van der Waals surface area contributed by atoms with Gasteiger partial charge in [-0.15, -0.1) is 0 Å². The molecule has 0 heterocycles. The normalized spacial score (nSPS) is 12.5. The van der Waals surface area contributed by atoms with Crippen molar-refractivity contribution in [2.45, 2.75) is 39.5 Å². The summed E-state index contributed by atoms with van der Waals surface area (Å²) in [6.07, 6.45) is 0. The van der Waals surface area contributed by atoms with E-state index in [4.69, 9.17) is 5.14 Å². The van der Waals surface area contributed by atoms with Gasteiger partial charge in [0, 0.05) is 12.1 Å². The van der Waals surface area contributed by atoms with Gasteiger partial charge in [-0.25, -0.2) is 13.6 Å². The second kappa shape index (κ2) is 6.15. The van der Waals surface area contributed by atoms with Gasteiger partial charge in [0.05, 0.1) is 4.90 Å². The lowest BCUT2D eigenvalue weighted by molar-refractivity contribution is 0.0924. The molecule has 0 aliphatic carbocycles. The highest BCUT2D eigenvalue weighted by Gasteiger charge is 2.23. The average Bonchev–Trinajstić information content (AvgIpc) is 2.34. The molecule has 0 aromatic heterocycles. The summed E-state index contributed by atoms with van der Waals surface area (Å²) in [7, 11) is -3.75. The molecule has 0 fully saturated rings. The number of amides is 1. The molecule has 3 N–H and O–H groups in total. The second-order valence-electron chi connectivity index (χ2n) is 6.35. The molecule has 0 aliphatic heterocycles. The Morgan fingerprint density at radius 1 is 1.33 bits per heavy atom. The molecule has 1 aromatic rings. The van der Waals surface area contributed by atoms with E-state index in [0.29, 0.717) is 23.6 Å². The zero-order valence-electron chi connectivity index (χ0n) is 13.2. The van der Waals surface area contributed by atoms with Gasteiger partial charge in [-0.05, 0) is 42.0 Å². The Morgan fingerprint density at radius 2 is 1.90 bits per heavy atom. The highest BCUT2D eigenvalue weighted by atomic mass is 32.2. The first-order valence-electron chi connectivity index (χ1n) is 6.87. The molecule has 5 nitrogen and oxygen atoms in total. The summed E-state index contributed by atoms with van der Waals surface area (Å²) in [6.45, 7) is 10.7. The minimum atomic E-state index is -3.75. The van der Waals surface area contributed by atoms with Crippen LogP contribution in [0, 0.1) is 18.3 Å². The number of benzene rings is 1. The van der Waals surface area contributed by atoms with E-state index in [9.17, 15) is 13.2 Å². The van der Waals surface area contributed by atoms with Crippen molar-refractivity contribution < 1.29 is 13.2 Å². The van der Waals surface area contributed by atoms with Gasteiger partial charge in [0.25, 0.3) is 5.91 Å². The van der Waals surface area contributed by atoms with Crippen LogP contribution in [0.15, 0.2) is 23.1 Å². The van der Waals surface area contributed by atoms with Crippen molar-refractivity contribution in [1.29, 1.82) is 0 Å². The number of nitrogens with one attached hydrogen (secondary N) is 1. The minimum absolute atomic E-state index is 0.00982. The quantitative estimate of drug-likeness (QED) is 0.872. The molecule has 0 bridgehead atoms. The number of nitrogens with two attached hydrogens (primary N) is 1. The van der Waals surface area contributed by atoms with E-state index >= 15 is 0 Å². The molecule has 1 aromatic carbocycles. The molecular weight excluding hydrogens is 288 g/mol. The van der Waals surface area contributed by atoms with Gasteiger partial charge < -0.3 is 5.32 Å². The molecule has 6 heteroatoms. The topological polar surface area (TPSA) is 89.3 Å². The number of hydrogen-bond acceptors (Lipinski definition) is 3. The zero-order chi connectivity index (χ0) is 16.4. The number of rotatable bonds is 5. The van der Waals surface area contributed by atoms with Crippen LogP contribution in [0.25, 0.3) is 0 Å². The van der Waals surface area contributed by atoms with Crippen LogP contribution >= 0.6 is 0 Å². The number of carbonyl (C=O) groups is 1. The Kier molecular flexibility index (Phi) is 5.17. The molecule has 21 heavy (non-hydrogen) atoms. The van der Waals surface area contributed by atoms with Gasteiger partial charge in [-0.1, -0.05) is 27.7 Å². The van der Waals surface area contributed by atoms with Crippen LogP contribution < -0.4 is 10.5 Å². The number of sulfonamides is 1. The largest absolute Gasteiger partial charge is 0.351 e. The molecule has 0 atom stereocenters. The Morgan fingerprint density at radius 3 is 2.33 bits per heavy atom. The fraction of sp³-hybridized carbons (Fsp3) is 0.533. The molecule has 0 saturated heterocycles. The third-order valence-corrected chi connectivity index (χ3v) is 4.95. The standard InChI is InChI=1S/C15H24N2O3S/c1-10(2)15(4,5)9-17-14(18)13-7-6-12(8-11(13)3)21(16,19)20/h6-8,10H,9H2,1-5H3,(H,17,18)(H2,16,19,20). The van der Waals surface area contributed by atoms with Crippen LogP contribution in [-0.2, 0) is 10.0 Å². The Bertz CT molecular complexity index is 634. The summed E-state index contributed by atoms with van der Waals surface area (Å²) in [4.78, 5) is 12.2. The number of aryl methyl sites for hydroxylation is 1. The van der Waals surface area contributed by atoms with Gasteiger partial charge >= 0.3 is 0 Å².